The lowest BCUT2D eigenvalue weighted by Crippen LogP contribution is -2.11. The molecule has 6 heteroatoms. The van der Waals surface area contributed by atoms with E-state index in [1.807, 2.05) is 13.8 Å². The van der Waals surface area contributed by atoms with Crippen molar-refractivity contribution in [3.8, 4) is 0 Å². The van der Waals surface area contributed by atoms with E-state index in [1.54, 1.807) is 4.68 Å². The number of hydrogen-bond donors (Lipinski definition) is 1. The number of aromatic carboxylic acids is 1. The number of benzene rings is 1. The lowest BCUT2D eigenvalue weighted by atomic mass is 10.1. The van der Waals surface area contributed by atoms with E-state index in [2.05, 4.69) is 10.1 Å². The number of hydrogen-bond acceptors (Lipinski definition) is 3. The van der Waals surface area contributed by atoms with Gasteiger partial charge in [-0.3, -0.25) is 0 Å². The van der Waals surface area contributed by atoms with Crippen LogP contribution in [0.1, 0.15) is 41.4 Å². The van der Waals surface area contributed by atoms with Crippen LogP contribution in [-0.4, -0.2) is 25.8 Å². The molecule has 5 nitrogen and oxygen atoms in total. The maximum atomic E-state index is 13.3. The zero-order chi connectivity index (χ0) is 14.7. The summed E-state index contributed by atoms with van der Waals surface area (Å²) in [5.74, 6) is -0.0645. The second-order valence-corrected chi connectivity index (χ2v) is 4.42. The van der Waals surface area contributed by atoms with Crippen molar-refractivity contribution >= 4 is 5.97 Å². The molecule has 0 unspecified atom stereocenters. The standard InChI is InChI=1S/C14H16FN3O2/c1-3-12-16-13(4-2)18(17-12)8-9-7-10(15)5-6-11(9)14(19)20/h5-7H,3-4,8H2,1-2H3,(H,19,20). The molecule has 1 aromatic heterocycles. The molecule has 106 valence electrons. The highest BCUT2D eigenvalue weighted by Crippen LogP contribution is 2.14. The lowest BCUT2D eigenvalue weighted by Gasteiger charge is -2.08. The van der Waals surface area contributed by atoms with Crippen LogP contribution in [0.5, 0.6) is 0 Å². The molecule has 0 atom stereocenters. The Morgan fingerprint density at radius 3 is 2.70 bits per heavy atom. The minimum absolute atomic E-state index is 0.0852. The van der Waals surface area contributed by atoms with Gasteiger partial charge in [-0.2, -0.15) is 5.10 Å². The smallest absolute Gasteiger partial charge is 0.336 e. The minimum Gasteiger partial charge on any atom is -0.478 e. The molecule has 0 saturated carbocycles. The summed E-state index contributed by atoms with van der Waals surface area (Å²) >= 11 is 0. The average Bonchev–Trinajstić information content (AvgIpc) is 2.80. The molecule has 0 saturated heterocycles. The zero-order valence-electron chi connectivity index (χ0n) is 11.4. The van der Waals surface area contributed by atoms with Crippen LogP contribution in [0.2, 0.25) is 0 Å². The summed E-state index contributed by atoms with van der Waals surface area (Å²) in [4.78, 5) is 15.5. The molecular formula is C14H16FN3O2. The van der Waals surface area contributed by atoms with E-state index in [0.717, 1.165) is 11.9 Å². The van der Waals surface area contributed by atoms with Gasteiger partial charge in [-0.05, 0) is 23.8 Å². The summed E-state index contributed by atoms with van der Waals surface area (Å²) < 4.78 is 15.0. The van der Waals surface area contributed by atoms with Crippen molar-refractivity contribution in [3.63, 3.8) is 0 Å². The first-order valence-corrected chi connectivity index (χ1v) is 6.49. The van der Waals surface area contributed by atoms with Gasteiger partial charge in [0.2, 0.25) is 0 Å². The van der Waals surface area contributed by atoms with Gasteiger partial charge in [0, 0.05) is 12.8 Å². The molecule has 2 rings (SSSR count). The second-order valence-electron chi connectivity index (χ2n) is 4.42. The molecule has 2 aromatic rings. The van der Waals surface area contributed by atoms with Crippen molar-refractivity contribution in [3.05, 3.63) is 46.8 Å². The van der Waals surface area contributed by atoms with Crippen molar-refractivity contribution in [2.75, 3.05) is 0 Å². The van der Waals surface area contributed by atoms with E-state index in [4.69, 9.17) is 5.11 Å². The van der Waals surface area contributed by atoms with Gasteiger partial charge >= 0.3 is 5.97 Å². The van der Waals surface area contributed by atoms with E-state index in [1.165, 1.54) is 12.1 Å². The molecule has 1 heterocycles. The third-order valence-electron chi connectivity index (χ3n) is 3.04. The van der Waals surface area contributed by atoms with Gasteiger partial charge in [0.05, 0.1) is 12.1 Å². The summed E-state index contributed by atoms with van der Waals surface area (Å²) in [6.45, 7) is 4.10. The summed E-state index contributed by atoms with van der Waals surface area (Å²) in [5, 5.41) is 13.5. The van der Waals surface area contributed by atoms with Gasteiger partial charge in [-0.15, -0.1) is 0 Å². The first kappa shape index (κ1) is 14.2. The van der Waals surface area contributed by atoms with Gasteiger partial charge < -0.3 is 5.11 Å². The first-order chi connectivity index (χ1) is 9.55. The summed E-state index contributed by atoms with van der Waals surface area (Å²) in [7, 11) is 0. The molecule has 0 spiro atoms. The van der Waals surface area contributed by atoms with Crippen molar-refractivity contribution in [2.45, 2.75) is 33.2 Å². The number of nitrogens with zero attached hydrogens (tertiary/aromatic N) is 3. The fourth-order valence-corrected chi connectivity index (χ4v) is 2.03. The average molecular weight is 277 g/mol. The van der Waals surface area contributed by atoms with Gasteiger partial charge in [0.15, 0.2) is 5.82 Å². The monoisotopic (exact) mass is 277 g/mol. The van der Waals surface area contributed by atoms with Crippen LogP contribution < -0.4 is 0 Å². The van der Waals surface area contributed by atoms with E-state index in [9.17, 15) is 9.18 Å². The Bertz CT molecular complexity index is 637. The molecular weight excluding hydrogens is 261 g/mol. The molecule has 0 amide bonds. The maximum absolute atomic E-state index is 13.3. The number of halogens is 1. The Morgan fingerprint density at radius 1 is 1.35 bits per heavy atom. The van der Waals surface area contributed by atoms with E-state index < -0.39 is 11.8 Å². The Morgan fingerprint density at radius 2 is 2.10 bits per heavy atom. The highest BCUT2D eigenvalue weighted by atomic mass is 19.1. The van der Waals surface area contributed by atoms with Gasteiger partial charge in [-0.25, -0.2) is 18.9 Å². The fourth-order valence-electron chi connectivity index (χ4n) is 2.03. The predicted molar refractivity (Wildman–Crippen MR) is 71.2 cm³/mol. The SMILES string of the molecule is CCc1nc(CC)n(Cc2cc(F)ccc2C(=O)O)n1. The Labute approximate surface area is 116 Å². The van der Waals surface area contributed by atoms with Crippen LogP contribution in [0.3, 0.4) is 0 Å². The molecule has 0 fully saturated rings. The van der Waals surface area contributed by atoms with Crippen LogP contribution in [0.15, 0.2) is 18.2 Å². The fraction of sp³-hybridized carbons (Fsp3) is 0.357. The topological polar surface area (TPSA) is 68.0 Å². The van der Waals surface area contributed by atoms with Crippen molar-refractivity contribution in [1.82, 2.24) is 14.8 Å². The summed E-state index contributed by atoms with van der Waals surface area (Å²) in [5.41, 5.74) is 0.474. The third kappa shape index (κ3) is 2.84. The molecule has 0 aliphatic heterocycles. The number of carboxylic acid groups (broad SMARTS) is 1. The van der Waals surface area contributed by atoms with E-state index in [0.29, 0.717) is 24.2 Å². The zero-order valence-corrected chi connectivity index (χ0v) is 11.4. The van der Waals surface area contributed by atoms with Crippen molar-refractivity contribution < 1.29 is 14.3 Å². The Balaban J connectivity index is 2.41. The van der Waals surface area contributed by atoms with Crippen LogP contribution in [-0.2, 0) is 19.4 Å². The number of carbonyl (C=O) groups is 1. The minimum atomic E-state index is -1.08. The quantitative estimate of drug-likeness (QED) is 0.910. The summed E-state index contributed by atoms with van der Waals surface area (Å²) in [6.07, 6.45) is 1.39. The van der Waals surface area contributed by atoms with Gasteiger partial charge in [0.1, 0.15) is 11.6 Å². The molecule has 20 heavy (non-hydrogen) atoms. The third-order valence-corrected chi connectivity index (χ3v) is 3.04. The normalized spacial score (nSPS) is 10.8. The van der Waals surface area contributed by atoms with Crippen LogP contribution in [0, 0.1) is 5.82 Å². The summed E-state index contributed by atoms with van der Waals surface area (Å²) in [6, 6.07) is 3.65. The van der Waals surface area contributed by atoms with Crippen molar-refractivity contribution in [2.24, 2.45) is 0 Å². The molecule has 0 aliphatic carbocycles. The number of aromatic nitrogens is 3. The van der Waals surface area contributed by atoms with Crippen LogP contribution in [0.4, 0.5) is 4.39 Å². The molecule has 0 aliphatic rings. The maximum Gasteiger partial charge on any atom is 0.336 e. The highest BCUT2D eigenvalue weighted by molar-refractivity contribution is 5.89. The van der Waals surface area contributed by atoms with Crippen molar-refractivity contribution in [1.29, 1.82) is 0 Å². The number of rotatable bonds is 5. The Hall–Kier alpha value is -2.24. The number of aryl methyl sites for hydroxylation is 2. The highest BCUT2D eigenvalue weighted by Gasteiger charge is 2.14. The Kier molecular flexibility index (Phi) is 4.12. The van der Waals surface area contributed by atoms with E-state index in [-0.39, 0.29) is 12.1 Å². The van der Waals surface area contributed by atoms with Gasteiger partial charge in [-0.1, -0.05) is 13.8 Å². The van der Waals surface area contributed by atoms with Gasteiger partial charge in [0.25, 0.3) is 0 Å². The van der Waals surface area contributed by atoms with Crippen LogP contribution >= 0.6 is 0 Å². The molecule has 0 bridgehead atoms. The van der Waals surface area contributed by atoms with E-state index >= 15 is 0 Å². The first-order valence-electron chi connectivity index (χ1n) is 6.49. The molecule has 0 radical (unpaired) electrons. The predicted octanol–water partition coefficient (Wildman–Crippen LogP) is 2.29. The molecule has 1 N–H and O–H groups in total. The largest absolute Gasteiger partial charge is 0.478 e. The van der Waals surface area contributed by atoms with Crippen LogP contribution in [0.25, 0.3) is 0 Å². The molecule has 1 aromatic carbocycles. The number of carboxylic acids is 1. The second kappa shape index (κ2) is 5.81. The lowest BCUT2D eigenvalue weighted by molar-refractivity contribution is 0.0695.